The second-order valence-electron chi connectivity index (χ2n) is 3.71. The highest BCUT2D eigenvalue weighted by atomic mass is 16.5. The lowest BCUT2D eigenvalue weighted by Crippen LogP contribution is -2.26. The van der Waals surface area contributed by atoms with Crippen molar-refractivity contribution in [3.05, 3.63) is 29.3 Å². The summed E-state index contributed by atoms with van der Waals surface area (Å²) in [6, 6.07) is 5.63. The minimum Gasteiger partial charge on any atom is -0.497 e. The Bertz CT molecular complexity index is 348. The third kappa shape index (κ3) is 1.29. The first-order chi connectivity index (χ1) is 6.69. The number of aryl methyl sites for hydroxylation is 1. The molecule has 1 aliphatic carbocycles. The molecule has 0 fully saturated rings. The van der Waals surface area contributed by atoms with Gasteiger partial charge in [-0.1, -0.05) is 6.07 Å². The highest BCUT2D eigenvalue weighted by Gasteiger charge is 2.36. The Morgan fingerprint density at radius 1 is 1.50 bits per heavy atom. The zero-order valence-corrected chi connectivity index (χ0v) is 8.16. The highest BCUT2D eigenvalue weighted by Crippen LogP contribution is 2.38. The molecule has 1 aliphatic rings. The van der Waals surface area contributed by atoms with E-state index >= 15 is 0 Å². The maximum absolute atomic E-state index is 10.1. The largest absolute Gasteiger partial charge is 0.497 e. The first-order valence-corrected chi connectivity index (χ1v) is 4.70. The van der Waals surface area contributed by atoms with E-state index in [0.717, 1.165) is 23.3 Å². The molecule has 0 spiro atoms. The molecular weight excluding hydrogens is 180 g/mol. The summed E-state index contributed by atoms with van der Waals surface area (Å²) < 4.78 is 5.08. The van der Waals surface area contributed by atoms with Gasteiger partial charge in [0.05, 0.1) is 13.7 Å². The van der Waals surface area contributed by atoms with E-state index in [9.17, 15) is 5.11 Å². The summed E-state index contributed by atoms with van der Waals surface area (Å²) in [6.07, 6.45) is 1.41. The van der Waals surface area contributed by atoms with Crippen LogP contribution in [0.3, 0.4) is 0 Å². The van der Waals surface area contributed by atoms with Gasteiger partial charge in [0.25, 0.3) is 0 Å². The van der Waals surface area contributed by atoms with Gasteiger partial charge in [-0.25, -0.2) is 0 Å². The van der Waals surface area contributed by atoms with Gasteiger partial charge in [0.1, 0.15) is 11.4 Å². The van der Waals surface area contributed by atoms with Gasteiger partial charge in [-0.2, -0.15) is 0 Å². The van der Waals surface area contributed by atoms with Crippen molar-refractivity contribution >= 4 is 0 Å². The summed E-state index contributed by atoms with van der Waals surface area (Å²) in [6.45, 7) is -0.229. The fourth-order valence-electron chi connectivity index (χ4n) is 1.97. The standard InChI is InChI=1S/C11H14O3/c1-14-9-3-2-8-4-5-11(13,7-12)10(8)6-9/h2-3,6,12-13H,4-5,7H2,1H3. The van der Waals surface area contributed by atoms with Crippen molar-refractivity contribution < 1.29 is 14.9 Å². The lowest BCUT2D eigenvalue weighted by molar-refractivity contribution is -0.0173. The molecule has 2 N–H and O–H groups in total. The Kier molecular flexibility index (Phi) is 2.21. The molecule has 0 bridgehead atoms. The average Bonchev–Trinajstić information content (AvgIpc) is 2.57. The predicted molar refractivity (Wildman–Crippen MR) is 52.3 cm³/mol. The number of hydrogen-bond acceptors (Lipinski definition) is 3. The van der Waals surface area contributed by atoms with E-state index in [-0.39, 0.29) is 6.61 Å². The van der Waals surface area contributed by atoms with Crippen LogP contribution in [-0.4, -0.2) is 23.9 Å². The predicted octanol–water partition coefficient (Wildman–Crippen LogP) is 0.821. The SMILES string of the molecule is COc1ccc2c(c1)C(O)(CO)CC2. The second kappa shape index (κ2) is 3.26. The van der Waals surface area contributed by atoms with Crippen LogP contribution >= 0.6 is 0 Å². The third-order valence-corrected chi connectivity index (χ3v) is 2.89. The Morgan fingerprint density at radius 3 is 2.93 bits per heavy atom. The molecule has 14 heavy (non-hydrogen) atoms. The summed E-state index contributed by atoms with van der Waals surface area (Å²) in [5, 5.41) is 19.2. The molecule has 1 atom stereocenters. The monoisotopic (exact) mass is 194 g/mol. The van der Waals surface area contributed by atoms with Gasteiger partial charge in [0.2, 0.25) is 0 Å². The van der Waals surface area contributed by atoms with Crippen molar-refractivity contribution in [2.24, 2.45) is 0 Å². The fraction of sp³-hybridized carbons (Fsp3) is 0.455. The second-order valence-corrected chi connectivity index (χ2v) is 3.71. The Balaban J connectivity index is 2.47. The maximum atomic E-state index is 10.1. The number of aliphatic hydroxyl groups excluding tert-OH is 1. The molecule has 0 saturated heterocycles. The Hall–Kier alpha value is -1.06. The minimum absolute atomic E-state index is 0.229. The molecule has 0 radical (unpaired) electrons. The van der Waals surface area contributed by atoms with Crippen molar-refractivity contribution in [3.63, 3.8) is 0 Å². The number of fused-ring (bicyclic) bond motifs is 1. The van der Waals surface area contributed by atoms with Gasteiger partial charge in [0.15, 0.2) is 0 Å². The normalized spacial score (nSPS) is 24.8. The average molecular weight is 194 g/mol. The summed E-state index contributed by atoms with van der Waals surface area (Å²) in [5.41, 5.74) is 0.839. The van der Waals surface area contributed by atoms with Gasteiger partial charge >= 0.3 is 0 Å². The van der Waals surface area contributed by atoms with Crippen molar-refractivity contribution in [1.29, 1.82) is 0 Å². The molecule has 1 aromatic rings. The van der Waals surface area contributed by atoms with E-state index in [2.05, 4.69) is 0 Å². The Labute approximate surface area is 83.0 Å². The third-order valence-electron chi connectivity index (χ3n) is 2.89. The quantitative estimate of drug-likeness (QED) is 0.733. The molecule has 0 aromatic heterocycles. The lowest BCUT2D eigenvalue weighted by atomic mass is 9.97. The minimum atomic E-state index is -1.07. The van der Waals surface area contributed by atoms with E-state index in [1.807, 2.05) is 12.1 Å². The zero-order chi connectivity index (χ0) is 10.2. The van der Waals surface area contributed by atoms with E-state index in [0.29, 0.717) is 6.42 Å². The number of methoxy groups -OCH3 is 1. The fourth-order valence-corrected chi connectivity index (χ4v) is 1.97. The van der Waals surface area contributed by atoms with Crippen molar-refractivity contribution in [2.75, 3.05) is 13.7 Å². The Morgan fingerprint density at radius 2 is 2.29 bits per heavy atom. The number of benzene rings is 1. The van der Waals surface area contributed by atoms with Crippen LogP contribution in [0.2, 0.25) is 0 Å². The van der Waals surface area contributed by atoms with Gasteiger partial charge in [-0.3, -0.25) is 0 Å². The van der Waals surface area contributed by atoms with Crippen LogP contribution in [0.5, 0.6) is 5.75 Å². The number of aliphatic hydroxyl groups is 2. The first-order valence-electron chi connectivity index (χ1n) is 4.70. The lowest BCUT2D eigenvalue weighted by Gasteiger charge is -2.21. The van der Waals surface area contributed by atoms with Gasteiger partial charge in [-0.05, 0) is 36.1 Å². The molecule has 1 unspecified atom stereocenters. The maximum Gasteiger partial charge on any atom is 0.119 e. The number of ether oxygens (including phenoxy) is 1. The smallest absolute Gasteiger partial charge is 0.119 e. The highest BCUT2D eigenvalue weighted by molar-refractivity contribution is 5.42. The van der Waals surface area contributed by atoms with Gasteiger partial charge in [0, 0.05) is 0 Å². The molecule has 2 rings (SSSR count). The van der Waals surface area contributed by atoms with Crippen LogP contribution in [0.4, 0.5) is 0 Å². The van der Waals surface area contributed by atoms with E-state index in [1.54, 1.807) is 13.2 Å². The van der Waals surface area contributed by atoms with Gasteiger partial charge < -0.3 is 14.9 Å². The van der Waals surface area contributed by atoms with Crippen LogP contribution in [0.1, 0.15) is 17.5 Å². The molecule has 3 nitrogen and oxygen atoms in total. The summed E-state index contributed by atoms with van der Waals surface area (Å²) in [5.74, 6) is 0.720. The number of rotatable bonds is 2. The summed E-state index contributed by atoms with van der Waals surface area (Å²) >= 11 is 0. The molecule has 0 heterocycles. The van der Waals surface area contributed by atoms with Crippen LogP contribution in [-0.2, 0) is 12.0 Å². The molecule has 1 aromatic carbocycles. The van der Waals surface area contributed by atoms with Crippen molar-refractivity contribution in [3.8, 4) is 5.75 Å². The van der Waals surface area contributed by atoms with Crippen LogP contribution in [0, 0.1) is 0 Å². The van der Waals surface area contributed by atoms with Crippen LogP contribution in [0.25, 0.3) is 0 Å². The molecular formula is C11H14O3. The molecule has 0 saturated carbocycles. The van der Waals surface area contributed by atoms with E-state index in [4.69, 9.17) is 9.84 Å². The number of hydrogen-bond donors (Lipinski definition) is 2. The first kappa shape index (κ1) is 9.49. The molecule has 3 heteroatoms. The molecule has 0 aliphatic heterocycles. The van der Waals surface area contributed by atoms with E-state index in [1.165, 1.54) is 0 Å². The van der Waals surface area contributed by atoms with Gasteiger partial charge in [-0.15, -0.1) is 0 Å². The van der Waals surface area contributed by atoms with Crippen LogP contribution in [0.15, 0.2) is 18.2 Å². The molecule has 0 amide bonds. The summed E-state index contributed by atoms with van der Waals surface area (Å²) in [4.78, 5) is 0. The van der Waals surface area contributed by atoms with Crippen molar-refractivity contribution in [2.45, 2.75) is 18.4 Å². The molecule has 76 valence electrons. The van der Waals surface area contributed by atoms with E-state index < -0.39 is 5.60 Å². The zero-order valence-electron chi connectivity index (χ0n) is 8.16. The van der Waals surface area contributed by atoms with Crippen LogP contribution < -0.4 is 4.74 Å². The summed E-state index contributed by atoms with van der Waals surface area (Å²) in [7, 11) is 1.59. The topological polar surface area (TPSA) is 49.7 Å². The van der Waals surface area contributed by atoms with Crippen molar-refractivity contribution in [1.82, 2.24) is 0 Å².